The van der Waals surface area contributed by atoms with E-state index >= 15 is 0 Å². The first-order valence-electron chi connectivity index (χ1n) is 6.83. The molecule has 7 heteroatoms. The van der Waals surface area contributed by atoms with Gasteiger partial charge in [0.15, 0.2) is 0 Å². The van der Waals surface area contributed by atoms with E-state index in [4.69, 9.17) is 10.2 Å². The molecule has 0 heterocycles. The molecule has 0 aromatic carbocycles. The Bertz CT molecular complexity index is 379. The second-order valence-corrected chi connectivity index (χ2v) is 5.46. The number of amides is 2. The van der Waals surface area contributed by atoms with Gasteiger partial charge in [0.1, 0.15) is 6.04 Å². The standard InChI is InChI=1S/C13H22N2O5/c1-8(2)15(7-9-3-4-9)13(20)14-10(12(18)19)5-6-11(16)17/h8-10H,3-7H2,1-2H3,(H,14,20)(H,16,17)(H,18,19). The van der Waals surface area contributed by atoms with Gasteiger partial charge in [0.2, 0.25) is 0 Å². The first-order valence-corrected chi connectivity index (χ1v) is 6.83. The number of carbonyl (C=O) groups is 3. The molecular weight excluding hydrogens is 264 g/mol. The van der Waals surface area contributed by atoms with Crippen LogP contribution in [0.4, 0.5) is 4.79 Å². The molecule has 114 valence electrons. The van der Waals surface area contributed by atoms with Crippen LogP contribution in [0.1, 0.15) is 39.5 Å². The lowest BCUT2D eigenvalue weighted by Gasteiger charge is -2.28. The molecule has 1 rings (SSSR count). The predicted octanol–water partition coefficient (Wildman–Crippen LogP) is 1.13. The van der Waals surface area contributed by atoms with Crippen molar-refractivity contribution in [2.24, 2.45) is 5.92 Å². The van der Waals surface area contributed by atoms with Gasteiger partial charge in [-0.2, -0.15) is 0 Å². The summed E-state index contributed by atoms with van der Waals surface area (Å²) >= 11 is 0. The number of rotatable bonds is 8. The van der Waals surface area contributed by atoms with E-state index in [-0.39, 0.29) is 18.9 Å². The largest absolute Gasteiger partial charge is 0.481 e. The summed E-state index contributed by atoms with van der Waals surface area (Å²) in [5.74, 6) is -1.79. The van der Waals surface area contributed by atoms with Crippen molar-refractivity contribution < 1.29 is 24.6 Å². The summed E-state index contributed by atoms with van der Waals surface area (Å²) in [6.45, 7) is 4.36. The Kier molecular flexibility index (Phi) is 5.79. The fraction of sp³-hybridized carbons (Fsp3) is 0.769. The number of carboxylic acid groups (broad SMARTS) is 2. The van der Waals surface area contributed by atoms with Crippen molar-refractivity contribution in [2.45, 2.75) is 51.6 Å². The van der Waals surface area contributed by atoms with Gasteiger partial charge in [-0.25, -0.2) is 9.59 Å². The molecule has 3 N–H and O–H groups in total. The Morgan fingerprint density at radius 3 is 2.25 bits per heavy atom. The highest BCUT2D eigenvalue weighted by atomic mass is 16.4. The van der Waals surface area contributed by atoms with Crippen LogP contribution < -0.4 is 5.32 Å². The smallest absolute Gasteiger partial charge is 0.326 e. The van der Waals surface area contributed by atoms with Crippen LogP contribution in [0.15, 0.2) is 0 Å². The second-order valence-electron chi connectivity index (χ2n) is 5.46. The minimum atomic E-state index is -1.21. The molecule has 1 aliphatic carbocycles. The topological polar surface area (TPSA) is 107 Å². The van der Waals surface area contributed by atoms with Crippen LogP contribution in [0, 0.1) is 5.92 Å². The number of carboxylic acids is 2. The van der Waals surface area contributed by atoms with Crippen LogP contribution in [0.2, 0.25) is 0 Å². The Labute approximate surface area is 117 Å². The molecular formula is C13H22N2O5. The first-order chi connectivity index (χ1) is 9.31. The highest BCUT2D eigenvalue weighted by Gasteiger charge is 2.30. The minimum Gasteiger partial charge on any atom is -0.481 e. The number of hydrogen-bond acceptors (Lipinski definition) is 3. The van der Waals surface area contributed by atoms with Crippen molar-refractivity contribution in [3.63, 3.8) is 0 Å². The van der Waals surface area contributed by atoms with Crippen molar-refractivity contribution in [2.75, 3.05) is 6.54 Å². The summed E-state index contributed by atoms with van der Waals surface area (Å²) in [6.07, 6.45) is 1.78. The third-order valence-electron chi connectivity index (χ3n) is 3.28. The van der Waals surface area contributed by atoms with E-state index in [1.807, 2.05) is 13.8 Å². The highest BCUT2D eigenvalue weighted by molar-refractivity contribution is 5.83. The fourth-order valence-corrected chi connectivity index (χ4v) is 1.86. The van der Waals surface area contributed by atoms with Crippen LogP contribution in [-0.4, -0.2) is 51.7 Å². The SMILES string of the molecule is CC(C)N(CC1CC1)C(=O)NC(CCC(=O)O)C(=O)O. The molecule has 0 bridgehead atoms. The number of carbonyl (C=O) groups excluding carboxylic acids is 1. The molecule has 1 saturated carbocycles. The Balaban J connectivity index is 2.57. The van der Waals surface area contributed by atoms with E-state index < -0.39 is 24.0 Å². The molecule has 1 fully saturated rings. The normalized spacial score (nSPS) is 15.8. The average molecular weight is 286 g/mol. The molecule has 2 amide bonds. The maximum atomic E-state index is 12.1. The number of nitrogens with zero attached hydrogens (tertiary/aromatic N) is 1. The molecule has 0 aromatic rings. The number of nitrogens with one attached hydrogen (secondary N) is 1. The van der Waals surface area contributed by atoms with Crippen molar-refractivity contribution >= 4 is 18.0 Å². The van der Waals surface area contributed by atoms with Gasteiger partial charge in [-0.15, -0.1) is 0 Å². The van der Waals surface area contributed by atoms with Gasteiger partial charge in [0.05, 0.1) is 0 Å². The van der Waals surface area contributed by atoms with Crippen LogP contribution in [-0.2, 0) is 9.59 Å². The summed E-state index contributed by atoms with van der Waals surface area (Å²) in [7, 11) is 0. The molecule has 0 radical (unpaired) electrons. The number of hydrogen-bond donors (Lipinski definition) is 3. The molecule has 0 saturated heterocycles. The summed E-state index contributed by atoms with van der Waals surface area (Å²) in [5, 5.41) is 20.0. The van der Waals surface area contributed by atoms with Crippen molar-refractivity contribution in [3.05, 3.63) is 0 Å². The van der Waals surface area contributed by atoms with Crippen LogP contribution >= 0.6 is 0 Å². The predicted molar refractivity (Wildman–Crippen MR) is 71.4 cm³/mol. The molecule has 20 heavy (non-hydrogen) atoms. The molecule has 1 unspecified atom stereocenters. The molecule has 7 nitrogen and oxygen atoms in total. The quantitative estimate of drug-likeness (QED) is 0.620. The lowest BCUT2D eigenvalue weighted by molar-refractivity contribution is -0.140. The Hall–Kier alpha value is -1.79. The maximum absolute atomic E-state index is 12.1. The van der Waals surface area contributed by atoms with Gasteiger partial charge in [-0.05, 0) is 39.0 Å². The van der Waals surface area contributed by atoms with Crippen molar-refractivity contribution in [3.8, 4) is 0 Å². The zero-order valence-electron chi connectivity index (χ0n) is 11.8. The Morgan fingerprint density at radius 1 is 1.25 bits per heavy atom. The van der Waals surface area contributed by atoms with Crippen LogP contribution in [0.5, 0.6) is 0 Å². The van der Waals surface area contributed by atoms with Gasteiger partial charge in [-0.1, -0.05) is 0 Å². The third-order valence-corrected chi connectivity index (χ3v) is 3.28. The lowest BCUT2D eigenvalue weighted by atomic mass is 10.1. The van der Waals surface area contributed by atoms with Crippen molar-refractivity contribution in [1.82, 2.24) is 10.2 Å². The molecule has 0 spiro atoms. The Morgan fingerprint density at radius 2 is 1.85 bits per heavy atom. The van der Waals surface area contributed by atoms with Gasteiger partial charge in [0, 0.05) is 19.0 Å². The minimum absolute atomic E-state index is 0.0236. The zero-order valence-corrected chi connectivity index (χ0v) is 11.8. The van der Waals surface area contributed by atoms with E-state index in [9.17, 15) is 14.4 Å². The van der Waals surface area contributed by atoms with E-state index in [1.54, 1.807) is 4.90 Å². The zero-order chi connectivity index (χ0) is 15.3. The summed E-state index contributed by atoms with van der Waals surface area (Å²) in [6, 6.07) is -1.63. The third kappa shape index (κ3) is 5.46. The fourth-order valence-electron chi connectivity index (χ4n) is 1.86. The van der Waals surface area contributed by atoms with E-state index in [0.717, 1.165) is 12.8 Å². The monoisotopic (exact) mass is 286 g/mol. The first kappa shape index (κ1) is 16.3. The van der Waals surface area contributed by atoms with E-state index in [1.165, 1.54) is 0 Å². The second kappa shape index (κ2) is 7.12. The lowest BCUT2D eigenvalue weighted by Crippen LogP contribution is -2.50. The molecule has 1 aliphatic rings. The highest BCUT2D eigenvalue weighted by Crippen LogP contribution is 2.30. The van der Waals surface area contributed by atoms with E-state index in [0.29, 0.717) is 12.5 Å². The summed E-state index contributed by atoms with van der Waals surface area (Å²) in [4.78, 5) is 35.3. The van der Waals surface area contributed by atoms with E-state index in [2.05, 4.69) is 5.32 Å². The van der Waals surface area contributed by atoms with Crippen LogP contribution in [0.3, 0.4) is 0 Å². The summed E-state index contributed by atoms with van der Waals surface area (Å²) in [5.41, 5.74) is 0. The van der Waals surface area contributed by atoms with Gasteiger partial charge >= 0.3 is 18.0 Å². The van der Waals surface area contributed by atoms with Crippen molar-refractivity contribution in [1.29, 1.82) is 0 Å². The average Bonchev–Trinajstić information content (AvgIpc) is 3.13. The number of aliphatic carboxylic acids is 2. The molecule has 0 aromatic heterocycles. The summed E-state index contributed by atoms with van der Waals surface area (Å²) < 4.78 is 0. The van der Waals surface area contributed by atoms with Gasteiger partial charge < -0.3 is 20.4 Å². The number of urea groups is 1. The molecule has 1 atom stereocenters. The molecule has 0 aliphatic heterocycles. The van der Waals surface area contributed by atoms with Crippen LogP contribution in [0.25, 0.3) is 0 Å². The maximum Gasteiger partial charge on any atom is 0.326 e. The van der Waals surface area contributed by atoms with Gasteiger partial charge in [0.25, 0.3) is 0 Å². The van der Waals surface area contributed by atoms with Gasteiger partial charge in [-0.3, -0.25) is 4.79 Å².